The predicted octanol–water partition coefficient (Wildman–Crippen LogP) is 2.62. The Bertz CT molecular complexity index is 7.64. The summed E-state index contributed by atoms with van der Waals surface area (Å²) in [6.07, 6.45) is 0. The van der Waals surface area contributed by atoms with Crippen molar-refractivity contribution in [3.05, 3.63) is 22.3 Å². The number of hydrogen-bond acceptors (Lipinski definition) is 0. The molecule has 0 nitrogen and oxygen atoms in total. The molecular weight excluding hydrogens is 327 g/mol. The molecule has 8 heavy (non-hydrogen) atoms. The molecule has 0 aliphatic carbocycles. The number of hydrogen-bond donors (Lipinski definition) is 0. The Kier molecular flexibility index (Phi) is 1120. The first kappa shape index (κ1) is 110. The quantitative estimate of drug-likeness (QED) is 0.593. The Balaban J connectivity index is 0. The fourth-order valence-corrected chi connectivity index (χ4v) is 0. The fourth-order valence-electron chi connectivity index (χ4n) is 0. The van der Waals surface area contributed by atoms with Gasteiger partial charge in [-0.1, -0.05) is 14.9 Å². The Hall–Kier alpha value is 3.31. The third kappa shape index (κ3) is 58.7. The first-order valence-electron chi connectivity index (χ1n) is 0. The van der Waals surface area contributed by atoms with E-state index in [1.807, 2.05) is 0 Å². The summed E-state index contributed by atoms with van der Waals surface area (Å²) < 4.78 is 0. The summed E-state index contributed by atoms with van der Waals surface area (Å²) in [6, 6.07) is 0. The van der Waals surface area contributed by atoms with E-state index in [0.29, 0.717) is 0 Å². The zero-order valence-corrected chi connectivity index (χ0v) is 13.2. The fraction of sp³-hybridized carbons (Fsp3) is 0.400. The predicted molar refractivity (Wildman–Crippen MR) is 32.7 cm³/mol. The van der Waals surface area contributed by atoms with E-state index in [-0.39, 0.29) is 135 Å². The maximum Gasteiger partial charge on any atom is 0 e. The summed E-state index contributed by atoms with van der Waals surface area (Å²) in [4.78, 5) is 0. The van der Waals surface area contributed by atoms with Gasteiger partial charge in [-0.15, -0.1) is 0 Å². The third-order valence-corrected chi connectivity index (χ3v) is 0. The second-order valence-electron chi connectivity index (χ2n) is 0. The summed E-state index contributed by atoms with van der Waals surface area (Å²) in [5.74, 6) is 0. The first-order chi connectivity index (χ1) is 0. The molecule has 0 unspecified atom stereocenters. The Morgan fingerprint density at radius 2 is 0.375 bits per heavy atom. The summed E-state index contributed by atoms with van der Waals surface area (Å²) in [6.45, 7) is 0. The van der Waals surface area contributed by atoms with E-state index >= 15 is 0 Å². The molecule has 0 aromatic carbocycles. The average Bonchev–Trinajstić information content (AvgIpc) is 0. The van der Waals surface area contributed by atoms with Gasteiger partial charge >= 0.3 is 0 Å². The van der Waals surface area contributed by atoms with Gasteiger partial charge in [0.2, 0.25) is 0 Å². The molecule has 0 amide bonds. The van der Waals surface area contributed by atoms with Crippen LogP contribution in [0.3, 0.4) is 0 Å². The van der Waals surface area contributed by atoms with E-state index in [1.54, 1.807) is 0 Å². The van der Waals surface area contributed by atoms with Gasteiger partial charge in [0.1, 0.15) is 0 Å². The largest absolute Gasteiger partial charge is 0.358 e. The molecule has 0 N–H and O–H groups in total. The Morgan fingerprint density at radius 1 is 0.375 bits per heavy atom. The van der Waals surface area contributed by atoms with Crippen molar-refractivity contribution >= 4 is 0 Å². The van der Waals surface area contributed by atoms with Gasteiger partial charge in [0.15, 0.2) is 0 Å². The van der Waals surface area contributed by atoms with Crippen LogP contribution >= 0.6 is 0 Å². The van der Waals surface area contributed by atoms with Gasteiger partial charge in [-0.25, -0.2) is 0 Å². The topological polar surface area (TPSA) is 0 Å². The molecule has 3 radical (unpaired) electrons. The van der Waals surface area contributed by atoms with Crippen LogP contribution in [0.1, 0.15) is 14.9 Å². The van der Waals surface area contributed by atoms with E-state index < -0.39 is 0 Å². The average molecular weight is 344 g/mol. The molecule has 0 saturated carbocycles. The summed E-state index contributed by atoms with van der Waals surface area (Å²) in [5.41, 5.74) is 0. The van der Waals surface area contributed by atoms with Gasteiger partial charge in [0, 0.05) is 98.1 Å². The Labute approximate surface area is 132 Å². The van der Waals surface area contributed by atoms with Crippen molar-refractivity contribution in [3.63, 3.8) is 0 Å². The second-order valence-corrected chi connectivity index (χ2v) is 0. The normalized spacial score (nSPS) is 0. The molecule has 0 aromatic rings. The van der Waals surface area contributed by atoms with Gasteiger partial charge in [0.25, 0.3) is 0 Å². The minimum absolute atomic E-state index is 0. The SMILES string of the molecule is C.C.[CH3-].[CH3-].[CH3-].[Y].[Y].[Y]. The minimum Gasteiger partial charge on any atom is -0.358 e. The molecule has 0 heterocycles. The van der Waals surface area contributed by atoms with Crippen LogP contribution in [0.5, 0.6) is 0 Å². The molecule has 0 aliphatic heterocycles. The van der Waals surface area contributed by atoms with Crippen LogP contribution in [-0.2, 0) is 98.1 Å². The van der Waals surface area contributed by atoms with Crippen molar-refractivity contribution in [1.29, 1.82) is 0 Å². The third-order valence-electron chi connectivity index (χ3n) is 0. The zero-order valence-electron chi connectivity index (χ0n) is 4.73. The van der Waals surface area contributed by atoms with Crippen molar-refractivity contribution in [2.75, 3.05) is 0 Å². The van der Waals surface area contributed by atoms with Crippen LogP contribution in [0.25, 0.3) is 0 Å². The van der Waals surface area contributed by atoms with E-state index in [4.69, 9.17) is 0 Å². The minimum atomic E-state index is 0. The molecule has 0 aliphatic rings. The summed E-state index contributed by atoms with van der Waals surface area (Å²) in [7, 11) is 0. The zero-order chi connectivity index (χ0) is 0. The van der Waals surface area contributed by atoms with Crippen molar-refractivity contribution in [2.24, 2.45) is 0 Å². The van der Waals surface area contributed by atoms with Gasteiger partial charge in [-0.05, 0) is 0 Å². The van der Waals surface area contributed by atoms with Crippen LogP contribution in [0, 0.1) is 22.3 Å². The van der Waals surface area contributed by atoms with E-state index in [1.165, 1.54) is 0 Å². The van der Waals surface area contributed by atoms with E-state index in [0.717, 1.165) is 0 Å². The van der Waals surface area contributed by atoms with E-state index in [9.17, 15) is 0 Å². The molecule has 0 rings (SSSR count). The van der Waals surface area contributed by atoms with E-state index in [2.05, 4.69) is 0 Å². The molecule has 0 bridgehead atoms. The van der Waals surface area contributed by atoms with Crippen LogP contribution in [0.15, 0.2) is 0 Å². The molecular formula is C5H17Y3-3. The second kappa shape index (κ2) is 81.5. The van der Waals surface area contributed by atoms with Crippen molar-refractivity contribution in [2.45, 2.75) is 14.9 Å². The molecule has 3 heteroatoms. The van der Waals surface area contributed by atoms with Crippen LogP contribution < -0.4 is 0 Å². The van der Waals surface area contributed by atoms with Gasteiger partial charge in [-0.3, -0.25) is 0 Å². The molecule has 0 aromatic heterocycles. The van der Waals surface area contributed by atoms with Crippen molar-refractivity contribution < 1.29 is 98.1 Å². The smallest absolute Gasteiger partial charge is 0 e. The van der Waals surface area contributed by atoms with Crippen molar-refractivity contribution in [1.82, 2.24) is 0 Å². The summed E-state index contributed by atoms with van der Waals surface area (Å²) >= 11 is 0. The van der Waals surface area contributed by atoms with Crippen LogP contribution in [-0.4, -0.2) is 0 Å². The standard InChI is InChI=1S/2CH4.3CH3.3Y/h2*1H4;3*1H3;;;/q;;3*-1;;;. The monoisotopic (exact) mass is 344 g/mol. The molecule has 0 spiro atoms. The molecule has 0 saturated heterocycles. The van der Waals surface area contributed by atoms with Gasteiger partial charge in [-0.2, -0.15) is 0 Å². The maximum atomic E-state index is 0. The van der Waals surface area contributed by atoms with Crippen LogP contribution in [0.2, 0.25) is 0 Å². The van der Waals surface area contributed by atoms with Gasteiger partial charge in [0.05, 0.1) is 0 Å². The molecule has 0 atom stereocenters. The van der Waals surface area contributed by atoms with Crippen LogP contribution in [0.4, 0.5) is 0 Å². The first-order valence-corrected chi connectivity index (χ1v) is 0. The molecule has 49 valence electrons. The Morgan fingerprint density at radius 3 is 0.375 bits per heavy atom. The van der Waals surface area contributed by atoms with Crippen molar-refractivity contribution in [3.8, 4) is 0 Å². The maximum absolute atomic E-state index is 0. The number of rotatable bonds is 0. The summed E-state index contributed by atoms with van der Waals surface area (Å²) in [5, 5.41) is 0. The molecule has 0 fully saturated rings. The van der Waals surface area contributed by atoms with Gasteiger partial charge < -0.3 is 22.3 Å².